The summed E-state index contributed by atoms with van der Waals surface area (Å²) >= 11 is 6.56. The molecule has 0 bridgehead atoms. The van der Waals surface area contributed by atoms with Crippen LogP contribution in [0.1, 0.15) is 0 Å². The lowest BCUT2D eigenvalue weighted by molar-refractivity contribution is 0.542. The lowest BCUT2D eigenvalue weighted by Gasteiger charge is -2.08. The summed E-state index contributed by atoms with van der Waals surface area (Å²) in [6.07, 6.45) is 0. The van der Waals surface area contributed by atoms with Crippen molar-refractivity contribution < 1.29 is 8.76 Å². The maximum atomic E-state index is 10.2. The van der Waals surface area contributed by atoms with Crippen LogP contribution in [0.5, 0.6) is 0 Å². The molecule has 1 aromatic rings. The molecule has 12 heavy (non-hydrogen) atoms. The van der Waals surface area contributed by atoms with Gasteiger partial charge in [-0.1, -0.05) is 11.6 Å². The fraction of sp³-hybridized carbons (Fsp3) is 0. The summed E-state index contributed by atoms with van der Waals surface area (Å²) in [4.78, 5) is 0. The molecule has 6 heteroatoms. The fourth-order valence-corrected chi connectivity index (χ4v) is 1.47. The summed E-state index contributed by atoms with van der Waals surface area (Å²) in [7, 11) is 0. The second-order valence-corrected chi connectivity index (χ2v) is 3.90. The molecular formula is C6H4BrClNO2S-. The lowest BCUT2D eigenvalue weighted by Crippen LogP contribution is -2.01. The van der Waals surface area contributed by atoms with Crippen molar-refractivity contribution >= 4 is 44.5 Å². The lowest BCUT2D eigenvalue weighted by atomic mass is 10.3. The minimum Gasteiger partial charge on any atom is -0.755 e. The second kappa shape index (κ2) is 4.23. The molecule has 1 rings (SSSR count). The normalized spacial score (nSPS) is 12.6. The Morgan fingerprint density at radius 2 is 2.25 bits per heavy atom. The number of benzene rings is 1. The summed E-state index contributed by atoms with van der Waals surface area (Å²) in [5, 5.41) is 0.539. The molecule has 66 valence electrons. The standard InChI is InChI=1S/C6H5BrClNO2S/c7-5-3-4(9-12(10)11)1-2-6(5)8/h1-3,9H,(H,10,11)/p-1. The molecule has 0 fully saturated rings. The molecule has 0 saturated carbocycles. The van der Waals surface area contributed by atoms with Gasteiger partial charge in [0.25, 0.3) is 0 Å². The summed E-state index contributed by atoms with van der Waals surface area (Å²) in [6.45, 7) is 0. The van der Waals surface area contributed by atoms with Crippen LogP contribution in [0.15, 0.2) is 22.7 Å². The van der Waals surface area contributed by atoms with Crippen LogP contribution in [0.2, 0.25) is 5.02 Å². The summed E-state index contributed by atoms with van der Waals surface area (Å²) in [5.41, 5.74) is 0.472. The first-order chi connectivity index (χ1) is 5.59. The molecule has 0 radical (unpaired) electrons. The van der Waals surface area contributed by atoms with Gasteiger partial charge in [-0.3, -0.25) is 4.21 Å². The van der Waals surface area contributed by atoms with Crippen LogP contribution in [-0.2, 0) is 11.3 Å². The molecule has 0 spiro atoms. The van der Waals surface area contributed by atoms with Gasteiger partial charge in [-0.05, 0) is 34.1 Å². The van der Waals surface area contributed by atoms with E-state index in [1.807, 2.05) is 0 Å². The largest absolute Gasteiger partial charge is 0.755 e. The van der Waals surface area contributed by atoms with E-state index in [1.165, 1.54) is 0 Å². The third-order valence-electron chi connectivity index (χ3n) is 1.12. The van der Waals surface area contributed by atoms with Crippen molar-refractivity contribution in [2.24, 2.45) is 0 Å². The van der Waals surface area contributed by atoms with E-state index >= 15 is 0 Å². The van der Waals surface area contributed by atoms with Gasteiger partial charge in [-0.25, -0.2) is 0 Å². The number of rotatable bonds is 2. The van der Waals surface area contributed by atoms with Crippen LogP contribution < -0.4 is 4.72 Å². The predicted molar refractivity (Wildman–Crippen MR) is 51.7 cm³/mol. The van der Waals surface area contributed by atoms with Crippen molar-refractivity contribution in [1.82, 2.24) is 0 Å². The van der Waals surface area contributed by atoms with Gasteiger partial charge in [-0.2, -0.15) is 0 Å². The number of anilines is 1. The molecule has 1 N–H and O–H groups in total. The Morgan fingerprint density at radius 1 is 1.58 bits per heavy atom. The highest BCUT2D eigenvalue weighted by atomic mass is 79.9. The summed E-state index contributed by atoms with van der Waals surface area (Å²) in [6, 6.07) is 4.75. The third kappa shape index (κ3) is 2.75. The van der Waals surface area contributed by atoms with Gasteiger partial charge in [0.05, 0.1) is 5.02 Å². The Morgan fingerprint density at radius 3 is 2.75 bits per heavy atom. The van der Waals surface area contributed by atoms with Crippen LogP contribution >= 0.6 is 27.5 Å². The van der Waals surface area contributed by atoms with E-state index in [-0.39, 0.29) is 0 Å². The minimum atomic E-state index is -2.30. The molecule has 0 aliphatic rings. The van der Waals surface area contributed by atoms with Crippen LogP contribution in [0, 0.1) is 0 Å². The Hall–Kier alpha value is -0.100. The maximum Gasteiger partial charge on any atom is 0.0549 e. The monoisotopic (exact) mass is 268 g/mol. The van der Waals surface area contributed by atoms with Gasteiger partial charge < -0.3 is 9.27 Å². The number of nitrogens with one attached hydrogen (secondary N) is 1. The topological polar surface area (TPSA) is 52.2 Å². The number of halogens is 2. The van der Waals surface area contributed by atoms with Gasteiger partial charge in [0, 0.05) is 21.4 Å². The van der Waals surface area contributed by atoms with Gasteiger partial charge in [-0.15, -0.1) is 0 Å². The number of hydrogen-bond donors (Lipinski definition) is 1. The van der Waals surface area contributed by atoms with E-state index in [1.54, 1.807) is 18.2 Å². The summed E-state index contributed by atoms with van der Waals surface area (Å²) < 4.78 is 23.3. The van der Waals surface area contributed by atoms with Gasteiger partial charge in [0.1, 0.15) is 0 Å². The Bertz CT molecular complexity index is 320. The highest BCUT2D eigenvalue weighted by Gasteiger charge is 1.97. The molecule has 0 aromatic heterocycles. The maximum absolute atomic E-state index is 10.2. The molecule has 1 atom stereocenters. The Balaban J connectivity index is 2.89. The zero-order valence-corrected chi connectivity index (χ0v) is 8.87. The second-order valence-electron chi connectivity index (χ2n) is 1.97. The first-order valence-corrected chi connectivity index (χ1v) is 5.15. The smallest absolute Gasteiger partial charge is 0.0549 e. The van der Waals surface area contributed by atoms with Gasteiger partial charge in [0.2, 0.25) is 0 Å². The first-order valence-electron chi connectivity index (χ1n) is 2.90. The molecule has 0 heterocycles. The van der Waals surface area contributed by atoms with Crippen LogP contribution in [0.25, 0.3) is 0 Å². The Labute approximate surface area is 85.7 Å². The minimum absolute atomic E-state index is 0.472. The van der Waals surface area contributed by atoms with Crippen LogP contribution in [0.3, 0.4) is 0 Å². The van der Waals surface area contributed by atoms with Crippen molar-refractivity contribution in [3.63, 3.8) is 0 Å². The molecule has 3 nitrogen and oxygen atoms in total. The van der Waals surface area contributed by atoms with Crippen molar-refractivity contribution in [1.29, 1.82) is 0 Å². The molecule has 0 saturated heterocycles. The number of hydrogen-bond acceptors (Lipinski definition) is 2. The summed E-state index contributed by atoms with van der Waals surface area (Å²) in [5.74, 6) is 0. The van der Waals surface area contributed by atoms with Crippen molar-refractivity contribution in [2.75, 3.05) is 4.72 Å². The zero-order valence-electron chi connectivity index (χ0n) is 5.71. The SMILES string of the molecule is O=S([O-])Nc1ccc(Cl)c(Br)c1. The fourth-order valence-electron chi connectivity index (χ4n) is 0.656. The van der Waals surface area contributed by atoms with Crippen molar-refractivity contribution in [2.45, 2.75) is 0 Å². The predicted octanol–water partition coefficient (Wildman–Crippen LogP) is 2.31. The molecule has 0 aliphatic carbocycles. The molecule has 1 unspecified atom stereocenters. The van der Waals surface area contributed by atoms with Crippen molar-refractivity contribution in [3.05, 3.63) is 27.7 Å². The molecular weight excluding hydrogens is 265 g/mol. The van der Waals surface area contributed by atoms with Gasteiger partial charge >= 0.3 is 0 Å². The van der Waals surface area contributed by atoms with E-state index in [0.29, 0.717) is 15.2 Å². The first kappa shape index (κ1) is 9.98. The highest BCUT2D eigenvalue weighted by molar-refractivity contribution is 9.10. The molecule has 0 amide bonds. The van der Waals surface area contributed by atoms with Crippen LogP contribution in [-0.4, -0.2) is 8.76 Å². The van der Waals surface area contributed by atoms with Crippen molar-refractivity contribution in [3.8, 4) is 0 Å². The van der Waals surface area contributed by atoms with E-state index in [2.05, 4.69) is 20.7 Å². The van der Waals surface area contributed by atoms with E-state index in [4.69, 9.17) is 11.6 Å². The van der Waals surface area contributed by atoms with Crippen LogP contribution in [0.4, 0.5) is 5.69 Å². The average molecular weight is 270 g/mol. The Kier molecular flexibility index (Phi) is 3.52. The highest BCUT2D eigenvalue weighted by Crippen LogP contribution is 2.25. The zero-order chi connectivity index (χ0) is 9.14. The third-order valence-corrected chi connectivity index (χ3v) is 2.74. The molecule has 1 aromatic carbocycles. The molecule has 0 aliphatic heterocycles. The van der Waals surface area contributed by atoms with E-state index < -0.39 is 11.3 Å². The van der Waals surface area contributed by atoms with Gasteiger partial charge in [0.15, 0.2) is 0 Å². The average Bonchev–Trinajstić information content (AvgIpc) is 1.96. The van der Waals surface area contributed by atoms with E-state index in [0.717, 1.165) is 0 Å². The van der Waals surface area contributed by atoms with E-state index in [9.17, 15) is 8.76 Å². The quantitative estimate of drug-likeness (QED) is 0.838.